The lowest BCUT2D eigenvalue weighted by Crippen LogP contribution is -2.77. The average Bonchev–Trinajstić information content (AvgIpc) is 2.93. The summed E-state index contributed by atoms with van der Waals surface area (Å²) in [6.45, 7) is 0. The number of hydrogen-bond acceptors (Lipinski definition) is 9. The number of fused-ring (bicyclic) bond motifs is 3. The Balaban J connectivity index is 1.86. The van der Waals surface area contributed by atoms with Crippen molar-refractivity contribution in [2.75, 3.05) is 14.1 Å². The predicted molar refractivity (Wildman–Crippen MR) is 133 cm³/mol. The molecule has 0 bridgehead atoms. The van der Waals surface area contributed by atoms with Crippen molar-refractivity contribution in [3.8, 4) is 5.75 Å². The predicted octanol–water partition coefficient (Wildman–Crippen LogP) is 0.531. The second-order valence-electron chi connectivity index (χ2n) is 10.8. The van der Waals surface area contributed by atoms with E-state index < -0.39 is 122 Å². The molecular weight excluding hydrogens is 587 g/mol. The van der Waals surface area contributed by atoms with Crippen LogP contribution in [0, 0.1) is 52.8 Å². The van der Waals surface area contributed by atoms with Gasteiger partial charge in [0.2, 0.25) is 11.7 Å². The number of carbonyl (C=O) groups excluding carboxylic acids is 5. The van der Waals surface area contributed by atoms with Crippen LogP contribution in [0.25, 0.3) is 11.6 Å². The Morgan fingerprint density at radius 3 is 2.05 bits per heavy atom. The Kier molecular flexibility index (Phi) is 6.91. The highest BCUT2D eigenvalue weighted by Crippen LogP contribution is 2.54. The molecule has 2 fully saturated rings. The van der Waals surface area contributed by atoms with E-state index in [1.165, 1.54) is 14.1 Å². The van der Waals surface area contributed by atoms with Crippen LogP contribution in [0.4, 0.5) is 22.0 Å². The average molecular weight is 608 g/mol. The van der Waals surface area contributed by atoms with Crippen molar-refractivity contribution in [2.24, 2.45) is 29.4 Å². The second kappa shape index (κ2) is 9.86. The third-order valence-corrected chi connectivity index (χ3v) is 8.42. The number of nitrogens with zero attached hydrogens (tertiary/aromatic N) is 1. The van der Waals surface area contributed by atoms with Gasteiger partial charge in [0.15, 0.2) is 57.9 Å². The first-order chi connectivity index (χ1) is 20.0. The number of aliphatic hydroxyl groups excluding tert-OH is 1. The van der Waals surface area contributed by atoms with Gasteiger partial charge in [0.25, 0.3) is 0 Å². The zero-order valence-electron chi connectivity index (χ0n) is 22.1. The van der Waals surface area contributed by atoms with Gasteiger partial charge in [-0.15, -0.1) is 0 Å². The molecule has 5 rings (SSSR count). The van der Waals surface area contributed by atoms with Gasteiger partial charge in [0.05, 0.1) is 35.1 Å². The summed E-state index contributed by atoms with van der Waals surface area (Å²) in [4.78, 5) is 67.6. The number of likely N-dealkylation sites (N-methyl/N-ethyl adjacent to an activating group) is 1. The van der Waals surface area contributed by atoms with Crippen molar-refractivity contribution in [1.29, 1.82) is 0 Å². The molecule has 7 unspecified atom stereocenters. The number of Topliss-reactive ketones (excluding diaryl/α,β-unsaturated/α-hetero) is 4. The molecule has 15 heteroatoms. The first kappa shape index (κ1) is 30.1. The Bertz CT molecular complexity index is 1680. The molecule has 5 N–H and O–H groups in total. The van der Waals surface area contributed by atoms with E-state index in [2.05, 4.69) is 0 Å². The normalized spacial score (nSPS) is 31.3. The number of ketones is 4. The maximum Gasteiger partial charge on any atom is 0.235 e. The van der Waals surface area contributed by atoms with E-state index in [1.54, 1.807) is 0 Å². The summed E-state index contributed by atoms with van der Waals surface area (Å²) in [5.41, 5.74) is -1.32. The van der Waals surface area contributed by atoms with Crippen LogP contribution in [0.3, 0.4) is 0 Å². The number of phenolic OH excluding ortho intramolecular Hbond substituents is 1. The number of aromatic hydroxyl groups is 1. The molecule has 0 heterocycles. The maximum absolute atomic E-state index is 14.8. The van der Waals surface area contributed by atoms with Gasteiger partial charge in [-0.2, -0.15) is 0 Å². The Labute approximate surface area is 238 Å². The van der Waals surface area contributed by atoms with E-state index in [-0.39, 0.29) is 5.56 Å². The van der Waals surface area contributed by atoms with Crippen LogP contribution in [-0.2, 0) is 19.2 Å². The summed E-state index contributed by atoms with van der Waals surface area (Å²) < 4.78 is 71.6. The van der Waals surface area contributed by atoms with Gasteiger partial charge in [-0.25, -0.2) is 22.0 Å². The molecule has 2 aromatic carbocycles. The van der Waals surface area contributed by atoms with Crippen LogP contribution in [0.5, 0.6) is 5.75 Å². The quantitative estimate of drug-likeness (QED) is 0.168. The monoisotopic (exact) mass is 608 g/mol. The fourth-order valence-corrected chi connectivity index (χ4v) is 6.57. The van der Waals surface area contributed by atoms with Gasteiger partial charge in [0.1, 0.15) is 5.75 Å². The lowest BCUT2D eigenvalue weighted by molar-refractivity contribution is -0.192. The molecule has 0 aliphatic heterocycles. The standard InChI is InChI=1S/C28H21F5N2O8/c1-35(2)21-15-23(38)12-8(6-9-16(29)18(31)20(33)19(32)17(9)30)7-4-3-5-10(36)11(7)22(37)13(12)25(40)28(15,43)26(41)14(24(21)39)27(34)42/h3-6,12-15,21,23,36,38,43H,1-2H3,(H2,34,42)/b8-6+. The van der Waals surface area contributed by atoms with Gasteiger partial charge >= 0.3 is 0 Å². The molecule has 0 radical (unpaired) electrons. The van der Waals surface area contributed by atoms with Gasteiger partial charge in [-0.3, -0.25) is 28.9 Å². The Hall–Kier alpha value is -4.34. The molecular formula is C28H21F5N2O8. The van der Waals surface area contributed by atoms with E-state index >= 15 is 0 Å². The minimum atomic E-state index is -3.38. The summed E-state index contributed by atoms with van der Waals surface area (Å²) in [7, 11) is 2.48. The van der Waals surface area contributed by atoms with Crippen LogP contribution >= 0.6 is 0 Å². The molecule has 2 saturated carbocycles. The molecule has 7 atom stereocenters. The third kappa shape index (κ3) is 3.84. The molecule has 10 nitrogen and oxygen atoms in total. The number of phenols is 1. The number of amides is 1. The first-order valence-corrected chi connectivity index (χ1v) is 12.6. The van der Waals surface area contributed by atoms with Crippen molar-refractivity contribution in [1.82, 2.24) is 4.90 Å². The second-order valence-corrected chi connectivity index (χ2v) is 10.8. The molecule has 226 valence electrons. The highest BCUT2D eigenvalue weighted by atomic mass is 19.2. The van der Waals surface area contributed by atoms with E-state index in [4.69, 9.17) is 5.73 Å². The van der Waals surface area contributed by atoms with Crippen molar-refractivity contribution in [2.45, 2.75) is 17.7 Å². The zero-order valence-corrected chi connectivity index (χ0v) is 22.1. The lowest BCUT2D eigenvalue weighted by atomic mass is 9.50. The number of hydrogen-bond donors (Lipinski definition) is 4. The molecule has 1 amide bonds. The summed E-state index contributed by atoms with van der Waals surface area (Å²) in [5, 5.41) is 33.9. The topological polar surface area (TPSA) is 175 Å². The highest BCUT2D eigenvalue weighted by molar-refractivity contribution is 6.33. The van der Waals surface area contributed by atoms with Gasteiger partial charge < -0.3 is 21.1 Å². The summed E-state index contributed by atoms with van der Waals surface area (Å²) in [6.07, 6.45) is -1.88. The van der Waals surface area contributed by atoms with Crippen LogP contribution in [-0.4, -0.2) is 81.1 Å². The molecule has 3 aliphatic rings. The Morgan fingerprint density at radius 2 is 1.51 bits per heavy atom. The summed E-state index contributed by atoms with van der Waals surface area (Å²) >= 11 is 0. The largest absolute Gasteiger partial charge is 0.507 e. The van der Waals surface area contributed by atoms with Crippen molar-refractivity contribution < 1.29 is 61.2 Å². The minimum absolute atomic E-state index is 0.377. The van der Waals surface area contributed by atoms with Crippen LogP contribution < -0.4 is 5.73 Å². The van der Waals surface area contributed by atoms with E-state index in [1.807, 2.05) is 0 Å². The lowest BCUT2D eigenvalue weighted by Gasteiger charge is -2.55. The maximum atomic E-state index is 14.8. The molecule has 2 aromatic rings. The van der Waals surface area contributed by atoms with E-state index in [0.29, 0.717) is 6.08 Å². The molecule has 0 aromatic heterocycles. The number of aliphatic hydroxyl groups is 2. The Morgan fingerprint density at radius 1 is 0.953 bits per heavy atom. The summed E-state index contributed by atoms with van der Waals surface area (Å²) in [5.74, 6) is -28.6. The third-order valence-electron chi connectivity index (χ3n) is 8.42. The minimum Gasteiger partial charge on any atom is -0.507 e. The number of primary amides is 1. The fraction of sp³-hybridized carbons (Fsp3) is 0.321. The fourth-order valence-electron chi connectivity index (χ4n) is 6.57. The highest BCUT2D eigenvalue weighted by Gasteiger charge is 2.72. The van der Waals surface area contributed by atoms with E-state index in [9.17, 15) is 61.2 Å². The SMILES string of the molecule is CN(C)C1C(=O)C(C(N)=O)C(=O)C2(O)C(=O)C3C(=O)c4c(O)cccc4/C(=C\c4c(F)c(F)c(F)c(F)c4F)C3C(O)C12. The zero-order chi connectivity index (χ0) is 32.0. The number of carbonyl (C=O) groups is 5. The van der Waals surface area contributed by atoms with Crippen LogP contribution in [0.2, 0.25) is 0 Å². The van der Waals surface area contributed by atoms with Crippen molar-refractivity contribution in [3.63, 3.8) is 0 Å². The number of nitrogens with two attached hydrogens (primary N) is 1. The first-order valence-electron chi connectivity index (χ1n) is 12.6. The van der Waals surface area contributed by atoms with Gasteiger partial charge in [-0.05, 0) is 37.4 Å². The molecule has 0 spiro atoms. The summed E-state index contributed by atoms with van der Waals surface area (Å²) in [6, 6.07) is 1.46. The van der Waals surface area contributed by atoms with E-state index in [0.717, 1.165) is 23.1 Å². The van der Waals surface area contributed by atoms with Gasteiger partial charge in [-0.1, -0.05) is 12.1 Å². The smallest absolute Gasteiger partial charge is 0.235 e. The number of benzene rings is 2. The van der Waals surface area contributed by atoms with Crippen LogP contribution in [0.15, 0.2) is 18.2 Å². The molecule has 0 saturated heterocycles. The van der Waals surface area contributed by atoms with Crippen LogP contribution in [0.1, 0.15) is 21.5 Å². The van der Waals surface area contributed by atoms with Gasteiger partial charge in [0, 0.05) is 5.92 Å². The molecule has 3 aliphatic carbocycles. The van der Waals surface area contributed by atoms with Crippen molar-refractivity contribution in [3.05, 3.63) is 64.0 Å². The number of halogens is 5. The number of rotatable bonds is 3. The molecule has 43 heavy (non-hydrogen) atoms. The van der Waals surface area contributed by atoms with Crippen molar-refractivity contribution >= 4 is 40.7 Å².